The van der Waals surface area contributed by atoms with E-state index in [1.807, 2.05) is 18.2 Å². The third-order valence-corrected chi connectivity index (χ3v) is 2.74. The second-order valence-corrected chi connectivity index (χ2v) is 3.81. The number of H-pyrrole nitrogens is 1. The standard InChI is InChI=1S/C13H10FN3/c14-11-6-5-10(12-7-16-13(15)17-12)8-3-1-2-4-9(8)11/h1-7H,(H3,15,16,17). The summed E-state index contributed by atoms with van der Waals surface area (Å²) in [6.07, 6.45) is 1.72. The lowest BCUT2D eigenvalue weighted by molar-refractivity contribution is 0.640. The number of nitrogens with one attached hydrogen (secondary N) is 1. The van der Waals surface area contributed by atoms with Crippen molar-refractivity contribution in [2.24, 2.45) is 0 Å². The first kappa shape index (κ1) is 9.84. The van der Waals surface area contributed by atoms with Crippen LogP contribution in [-0.4, -0.2) is 9.97 Å². The van der Waals surface area contributed by atoms with Gasteiger partial charge in [-0.2, -0.15) is 0 Å². The van der Waals surface area contributed by atoms with Crippen molar-refractivity contribution >= 4 is 16.7 Å². The summed E-state index contributed by atoms with van der Waals surface area (Å²) in [5, 5.41) is 1.42. The Kier molecular flexibility index (Phi) is 2.08. The number of rotatable bonds is 1. The molecular formula is C13H10FN3. The van der Waals surface area contributed by atoms with Crippen LogP contribution in [0, 0.1) is 5.82 Å². The second kappa shape index (κ2) is 3.59. The Labute approximate surface area is 97.1 Å². The molecule has 3 aromatic rings. The largest absolute Gasteiger partial charge is 0.369 e. The number of fused-ring (bicyclic) bond motifs is 1. The highest BCUT2D eigenvalue weighted by atomic mass is 19.1. The second-order valence-electron chi connectivity index (χ2n) is 3.81. The topological polar surface area (TPSA) is 54.7 Å². The third kappa shape index (κ3) is 1.54. The van der Waals surface area contributed by atoms with Gasteiger partial charge in [-0.25, -0.2) is 9.37 Å². The molecule has 2 aromatic carbocycles. The van der Waals surface area contributed by atoms with Crippen LogP contribution in [0.3, 0.4) is 0 Å². The number of hydrogen-bond acceptors (Lipinski definition) is 2. The zero-order valence-electron chi connectivity index (χ0n) is 8.94. The Bertz CT molecular complexity index is 688. The minimum Gasteiger partial charge on any atom is -0.369 e. The van der Waals surface area contributed by atoms with Crippen LogP contribution < -0.4 is 5.73 Å². The number of imidazole rings is 1. The lowest BCUT2D eigenvalue weighted by Gasteiger charge is -2.04. The maximum Gasteiger partial charge on any atom is 0.198 e. The van der Waals surface area contributed by atoms with Crippen LogP contribution in [0.1, 0.15) is 0 Å². The summed E-state index contributed by atoms with van der Waals surface area (Å²) in [5.41, 5.74) is 7.14. The Balaban J connectivity index is 2.34. The summed E-state index contributed by atoms with van der Waals surface area (Å²) < 4.78 is 13.6. The molecule has 17 heavy (non-hydrogen) atoms. The fraction of sp³-hybridized carbons (Fsp3) is 0. The Morgan fingerprint density at radius 2 is 1.82 bits per heavy atom. The number of aromatic amines is 1. The fourth-order valence-corrected chi connectivity index (χ4v) is 1.96. The highest BCUT2D eigenvalue weighted by Crippen LogP contribution is 2.29. The number of halogens is 1. The molecule has 0 saturated carbocycles. The van der Waals surface area contributed by atoms with E-state index in [4.69, 9.17) is 5.73 Å². The lowest BCUT2D eigenvalue weighted by atomic mass is 10.0. The van der Waals surface area contributed by atoms with E-state index in [0.717, 1.165) is 16.6 Å². The average molecular weight is 227 g/mol. The molecule has 0 radical (unpaired) electrons. The van der Waals surface area contributed by atoms with E-state index in [0.29, 0.717) is 11.3 Å². The van der Waals surface area contributed by atoms with Crippen molar-refractivity contribution in [3.05, 3.63) is 48.4 Å². The highest BCUT2D eigenvalue weighted by Gasteiger charge is 2.09. The smallest absolute Gasteiger partial charge is 0.198 e. The van der Waals surface area contributed by atoms with E-state index < -0.39 is 0 Å². The van der Waals surface area contributed by atoms with Gasteiger partial charge >= 0.3 is 0 Å². The van der Waals surface area contributed by atoms with Crippen molar-refractivity contribution in [3.8, 4) is 11.3 Å². The van der Waals surface area contributed by atoms with Gasteiger partial charge in [-0.05, 0) is 17.5 Å². The first-order valence-corrected chi connectivity index (χ1v) is 5.24. The minimum atomic E-state index is -0.229. The summed E-state index contributed by atoms with van der Waals surface area (Å²) in [6.45, 7) is 0. The third-order valence-electron chi connectivity index (χ3n) is 2.74. The maximum atomic E-state index is 13.6. The fourth-order valence-electron chi connectivity index (χ4n) is 1.96. The van der Waals surface area contributed by atoms with Crippen LogP contribution in [0.25, 0.3) is 22.0 Å². The Morgan fingerprint density at radius 3 is 2.53 bits per heavy atom. The number of nitrogens with zero attached hydrogens (tertiary/aromatic N) is 1. The number of nitrogen functional groups attached to an aromatic ring is 1. The number of aromatic nitrogens is 2. The molecule has 0 saturated heterocycles. The first-order valence-electron chi connectivity index (χ1n) is 5.24. The SMILES string of the molecule is Nc1nc(-c2ccc(F)c3ccccc23)c[nH]1. The number of nitrogens with two attached hydrogens (primary N) is 1. The lowest BCUT2D eigenvalue weighted by Crippen LogP contribution is -1.87. The van der Waals surface area contributed by atoms with Gasteiger partial charge < -0.3 is 10.7 Å². The van der Waals surface area contributed by atoms with Gasteiger partial charge in [0.25, 0.3) is 0 Å². The molecule has 1 aromatic heterocycles. The van der Waals surface area contributed by atoms with Crippen LogP contribution >= 0.6 is 0 Å². The minimum absolute atomic E-state index is 0.229. The van der Waals surface area contributed by atoms with E-state index in [1.54, 1.807) is 18.3 Å². The van der Waals surface area contributed by atoms with E-state index in [1.165, 1.54) is 6.07 Å². The monoisotopic (exact) mass is 227 g/mol. The predicted molar refractivity (Wildman–Crippen MR) is 65.9 cm³/mol. The van der Waals surface area contributed by atoms with Crippen molar-refractivity contribution in [2.75, 3.05) is 5.73 Å². The van der Waals surface area contributed by atoms with Gasteiger partial charge in [-0.3, -0.25) is 0 Å². The van der Waals surface area contributed by atoms with E-state index in [2.05, 4.69) is 9.97 Å². The van der Waals surface area contributed by atoms with E-state index in [-0.39, 0.29) is 5.82 Å². The van der Waals surface area contributed by atoms with Crippen molar-refractivity contribution in [3.63, 3.8) is 0 Å². The zero-order chi connectivity index (χ0) is 11.8. The normalized spacial score (nSPS) is 10.9. The van der Waals surface area contributed by atoms with Gasteiger partial charge in [0.2, 0.25) is 0 Å². The Hall–Kier alpha value is -2.36. The van der Waals surface area contributed by atoms with E-state index >= 15 is 0 Å². The van der Waals surface area contributed by atoms with Crippen LogP contribution in [-0.2, 0) is 0 Å². The zero-order valence-corrected chi connectivity index (χ0v) is 8.94. The summed E-state index contributed by atoms with van der Waals surface area (Å²) in [7, 11) is 0. The number of hydrogen-bond donors (Lipinski definition) is 2. The summed E-state index contributed by atoms with van der Waals surface area (Å²) in [6, 6.07) is 10.5. The van der Waals surface area contributed by atoms with Crippen LogP contribution in [0.15, 0.2) is 42.6 Å². The average Bonchev–Trinajstić information content (AvgIpc) is 2.77. The Morgan fingerprint density at radius 1 is 1.06 bits per heavy atom. The number of benzene rings is 2. The van der Waals surface area contributed by atoms with E-state index in [9.17, 15) is 4.39 Å². The van der Waals surface area contributed by atoms with Crippen molar-refractivity contribution < 1.29 is 4.39 Å². The summed E-state index contributed by atoms with van der Waals surface area (Å²) in [4.78, 5) is 6.98. The molecule has 3 nitrogen and oxygen atoms in total. The van der Waals surface area contributed by atoms with Gasteiger partial charge in [0, 0.05) is 17.1 Å². The molecule has 0 unspecified atom stereocenters. The molecule has 0 fully saturated rings. The molecule has 3 N–H and O–H groups in total. The van der Waals surface area contributed by atoms with Gasteiger partial charge in [0.1, 0.15) is 5.82 Å². The van der Waals surface area contributed by atoms with Gasteiger partial charge in [0.05, 0.1) is 5.69 Å². The molecule has 0 bridgehead atoms. The molecule has 0 spiro atoms. The predicted octanol–water partition coefficient (Wildman–Crippen LogP) is 2.95. The van der Waals surface area contributed by atoms with Crippen molar-refractivity contribution in [2.45, 2.75) is 0 Å². The molecular weight excluding hydrogens is 217 g/mol. The molecule has 4 heteroatoms. The molecule has 0 aliphatic heterocycles. The van der Waals surface area contributed by atoms with Crippen LogP contribution in [0.4, 0.5) is 10.3 Å². The summed E-state index contributed by atoms with van der Waals surface area (Å²) in [5.74, 6) is 0.126. The molecule has 3 rings (SSSR count). The summed E-state index contributed by atoms with van der Waals surface area (Å²) >= 11 is 0. The highest BCUT2D eigenvalue weighted by molar-refractivity contribution is 5.96. The molecule has 0 aliphatic carbocycles. The van der Waals surface area contributed by atoms with Crippen LogP contribution in [0.5, 0.6) is 0 Å². The van der Waals surface area contributed by atoms with Gasteiger partial charge in [-0.1, -0.05) is 24.3 Å². The van der Waals surface area contributed by atoms with Crippen molar-refractivity contribution in [1.82, 2.24) is 9.97 Å². The van der Waals surface area contributed by atoms with Gasteiger partial charge in [0.15, 0.2) is 5.95 Å². The number of anilines is 1. The van der Waals surface area contributed by atoms with Gasteiger partial charge in [-0.15, -0.1) is 0 Å². The quantitative estimate of drug-likeness (QED) is 0.671. The molecule has 1 heterocycles. The maximum absolute atomic E-state index is 13.6. The van der Waals surface area contributed by atoms with Crippen molar-refractivity contribution in [1.29, 1.82) is 0 Å². The molecule has 84 valence electrons. The van der Waals surface area contributed by atoms with Crippen LogP contribution in [0.2, 0.25) is 0 Å². The molecule has 0 amide bonds. The first-order chi connectivity index (χ1) is 8.25. The molecule has 0 atom stereocenters. The molecule has 0 aliphatic rings.